The number of aromatic nitrogens is 1. The highest BCUT2D eigenvalue weighted by Gasteiger charge is 2.22. The van der Waals surface area contributed by atoms with Crippen LogP contribution in [0.3, 0.4) is 0 Å². The number of carbonyl (C=O) groups is 2. The molecule has 0 atom stereocenters. The third-order valence-electron chi connectivity index (χ3n) is 3.93. The van der Waals surface area contributed by atoms with Crippen molar-refractivity contribution in [3.05, 3.63) is 65.5 Å². The first kappa shape index (κ1) is 17.2. The number of carbonyl (C=O) groups excluding carboxylic acids is 2. The van der Waals surface area contributed by atoms with E-state index >= 15 is 0 Å². The van der Waals surface area contributed by atoms with E-state index in [0.717, 1.165) is 16.5 Å². The summed E-state index contributed by atoms with van der Waals surface area (Å²) in [5, 5.41) is 0.892. The summed E-state index contributed by atoms with van der Waals surface area (Å²) in [5.41, 5.74) is 1.60. The Morgan fingerprint density at radius 1 is 1.32 bits per heavy atom. The van der Waals surface area contributed by atoms with E-state index in [2.05, 4.69) is 22.5 Å². The summed E-state index contributed by atoms with van der Waals surface area (Å²) in [5.74, 6) is 0.217. The molecular weight excluding hydrogens is 384 g/mol. The summed E-state index contributed by atoms with van der Waals surface area (Å²) in [4.78, 5) is 26.3. The maximum Gasteiger partial charge on any atom is 0.234 e. The molecule has 3 rings (SSSR count). The molecule has 2 aromatic heterocycles. The van der Waals surface area contributed by atoms with Crippen LogP contribution < -0.4 is 4.90 Å². The molecule has 0 aliphatic heterocycles. The number of hydrogen-bond acceptors (Lipinski definition) is 3. The van der Waals surface area contributed by atoms with Gasteiger partial charge in [0.1, 0.15) is 0 Å². The van der Waals surface area contributed by atoms with Crippen molar-refractivity contribution in [1.82, 2.24) is 4.57 Å². The summed E-state index contributed by atoms with van der Waals surface area (Å²) in [6.45, 7) is 5.54. The minimum absolute atomic E-state index is 0.0911. The number of furan rings is 1. The second-order valence-electron chi connectivity index (χ2n) is 5.60. The average molecular weight is 401 g/mol. The fourth-order valence-electron chi connectivity index (χ4n) is 2.82. The zero-order valence-electron chi connectivity index (χ0n) is 13.7. The first-order valence-corrected chi connectivity index (χ1v) is 8.56. The Labute approximate surface area is 153 Å². The Kier molecular flexibility index (Phi) is 4.90. The number of benzene rings is 1. The van der Waals surface area contributed by atoms with Gasteiger partial charge >= 0.3 is 0 Å². The van der Waals surface area contributed by atoms with E-state index < -0.39 is 0 Å². The number of halogens is 1. The molecule has 6 heteroatoms. The van der Waals surface area contributed by atoms with Crippen molar-refractivity contribution in [2.24, 2.45) is 0 Å². The van der Waals surface area contributed by atoms with Crippen molar-refractivity contribution in [2.75, 3.05) is 11.4 Å². The van der Waals surface area contributed by atoms with Gasteiger partial charge in [0.25, 0.3) is 0 Å². The minimum Gasteiger partial charge on any atom is -0.447 e. The standard InChI is InChI=1S/C19H17BrN2O3/c1-3-9-21(19-16(20)8-10-25-19)18(24)11-14-12-22(13(2)23)17-7-5-4-6-15(14)17/h3-8,10,12H,1,9,11H2,2H3. The highest BCUT2D eigenvalue weighted by molar-refractivity contribution is 9.10. The fraction of sp³-hybridized carbons (Fsp3) is 0.158. The molecule has 25 heavy (non-hydrogen) atoms. The molecule has 2 heterocycles. The van der Waals surface area contributed by atoms with Gasteiger partial charge in [-0.25, -0.2) is 0 Å². The molecule has 1 amide bonds. The molecule has 1 aromatic carbocycles. The van der Waals surface area contributed by atoms with Crippen molar-refractivity contribution in [1.29, 1.82) is 0 Å². The first-order chi connectivity index (χ1) is 12.0. The fourth-order valence-corrected chi connectivity index (χ4v) is 3.23. The number of nitrogens with zero attached hydrogens (tertiary/aromatic N) is 2. The Hall–Kier alpha value is -2.60. The first-order valence-electron chi connectivity index (χ1n) is 7.77. The zero-order chi connectivity index (χ0) is 18.0. The topological polar surface area (TPSA) is 55.5 Å². The maximum absolute atomic E-state index is 12.9. The Bertz CT molecular complexity index is 955. The smallest absolute Gasteiger partial charge is 0.234 e. The predicted molar refractivity (Wildman–Crippen MR) is 101 cm³/mol. The van der Waals surface area contributed by atoms with Crippen LogP contribution in [0.2, 0.25) is 0 Å². The molecule has 0 unspecified atom stereocenters. The molecule has 128 valence electrons. The van der Waals surface area contributed by atoms with E-state index in [1.54, 1.807) is 22.9 Å². The lowest BCUT2D eigenvalue weighted by atomic mass is 10.1. The molecule has 0 aliphatic rings. The highest BCUT2D eigenvalue weighted by Crippen LogP contribution is 2.29. The van der Waals surface area contributed by atoms with Crippen LogP contribution in [0.25, 0.3) is 10.9 Å². The molecule has 0 radical (unpaired) electrons. The van der Waals surface area contributed by atoms with E-state index in [1.165, 1.54) is 18.1 Å². The summed E-state index contributed by atoms with van der Waals surface area (Å²) in [6, 6.07) is 9.29. The highest BCUT2D eigenvalue weighted by atomic mass is 79.9. The largest absolute Gasteiger partial charge is 0.447 e. The van der Waals surface area contributed by atoms with Crippen LogP contribution in [-0.4, -0.2) is 22.9 Å². The van der Waals surface area contributed by atoms with E-state index in [9.17, 15) is 9.59 Å². The van der Waals surface area contributed by atoms with E-state index in [1.807, 2.05) is 24.3 Å². The van der Waals surface area contributed by atoms with Crippen LogP contribution in [0.15, 0.2) is 64.3 Å². The molecule has 0 saturated heterocycles. The molecule has 0 bridgehead atoms. The average Bonchev–Trinajstić information content (AvgIpc) is 3.17. The molecule has 0 N–H and O–H groups in total. The molecular formula is C19H17BrN2O3. The summed E-state index contributed by atoms with van der Waals surface area (Å²) >= 11 is 3.38. The zero-order valence-corrected chi connectivity index (χ0v) is 15.3. The van der Waals surface area contributed by atoms with Crippen LogP contribution in [-0.2, 0) is 11.2 Å². The molecule has 5 nitrogen and oxygen atoms in total. The second kappa shape index (κ2) is 7.11. The van der Waals surface area contributed by atoms with Gasteiger partial charge in [0.2, 0.25) is 17.7 Å². The van der Waals surface area contributed by atoms with E-state index in [4.69, 9.17) is 4.42 Å². The lowest BCUT2D eigenvalue weighted by Gasteiger charge is -2.18. The van der Waals surface area contributed by atoms with Gasteiger partial charge in [-0.15, -0.1) is 6.58 Å². The lowest BCUT2D eigenvalue weighted by Crippen LogP contribution is -2.32. The minimum atomic E-state index is -0.137. The van der Waals surface area contributed by atoms with Crippen molar-refractivity contribution in [2.45, 2.75) is 13.3 Å². The number of amides is 1. The van der Waals surface area contributed by atoms with Crippen LogP contribution in [0.5, 0.6) is 0 Å². The summed E-state index contributed by atoms with van der Waals surface area (Å²) in [7, 11) is 0. The Morgan fingerprint density at radius 3 is 2.72 bits per heavy atom. The van der Waals surface area contributed by atoms with Crippen molar-refractivity contribution < 1.29 is 14.0 Å². The van der Waals surface area contributed by atoms with Crippen molar-refractivity contribution >= 4 is 44.5 Å². The normalized spacial score (nSPS) is 10.8. The monoisotopic (exact) mass is 400 g/mol. The van der Waals surface area contributed by atoms with Gasteiger partial charge in [-0.1, -0.05) is 24.3 Å². The number of rotatable bonds is 5. The predicted octanol–water partition coefficient (Wildman–Crippen LogP) is 4.42. The second-order valence-corrected chi connectivity index (χ2v) is 6.46. The van der Waals surface area contributed by atoms with Gasteiger partial charge in [-0.05, 0) is 33.6 Å². The molecule has 3 aromatic rings. The third-order valence-corrected chi connectivity index (χ3v) is 4.54. The van der Waals surface area contributed by atoms with E-state index in [-0.39, 0.29) is 18.2 Å². The number of anilines is 1. The van der Waals surface area contributed by atoms with Crippen LogP contribution in [0.1, 0.15) is 17.3 Å². The molecule has 0 spiro atoms. The summed E-state index contributed by atoms with van der Waals surface area (Å²) in [6.07, 6.45) is 5.05. The van der Waals surface area contributed by atoms with Gasteiger partial charge in [-0.2, -0.15) is 0 Å². The van der Waals surface area contributed by atoms with Crippen molar-refractivity contribution in [3.8, 4) is 0 Å². The maximum atomic E-state index is 12.9. The number of fused-ring (bicyclic) bond motifs is 1. The van der Waals surface area contributed by atoms with Gasteiger partial charge in [-0.3, -0.25) is 19.1 Å². The van der Waals surface area contributed by atoms with Gasteiger partial charge in [0, 0.05) is 25.1 Å². The van der Waals surface area contributed by atoms with Crippen LogP contribution in [0.4, 0.5) is 5.88 Å². The Morgan fingerprint density at radius 2 is 2.08 bits per heavy atom. The quantitative estimate of drug-likeness (QED) is 0.595. The Balaban J connectivity index is 1.97. The number of hydrogen-bond donors (Lipinski definition) is 0. The lowest BCUT2D eigenvalue weighted by molar-refractivity contribution is -0.118. The van der Waals surface area contributed by atoms with Gasteiger partial charge in [0.15, 0.2) is 0 Å². The summed E-state index contributed by atoms with van der Waals surface area (Å²) < 4.78 is 7.69. The third kappa shape index (κ3) is 3.30. The van der Waals surface area contributed by atoms with Gasteiger partial charge < -0.3 is 4.42 Å². The van der Waals surface area contributed by atoms with Crippen LogP contribution in [0, 0.1) is 0 Å². The van der Waals surface area contributed by atoms with E-state index in [0.29, 0.717) is 16.9 Å². The molecule has 0 fully saturated rings. The molecule has 0 saturated carbocycles. The van der Waals surface area contributed by atoms with Gasteiger partial charge in [0.05, 0.1) is 22.7 Å². The molecule has 0 aliphatic carbocycles. The number of para-hydroxylation sites is 1. The van der Waals surface area contributed by atoms with Crippen LogP contribution >= 0.6 is 15.9 Å². The van der Waals surface area contributed by atoms with Crippen molar-refractivity contribution in [3.63, 3.8) is 0 Å². The SMILES string of the molecule is C=CCN(C(=O)Cc1cn(C(C)=O)c2ccccc12)c1occc1Br.